The number of carbonyl (C=O) groups excluding carboxylic acids is 1. The van der Waals surface area contributed by atoms with Crippen molar-refractivity contribution in [2.24, 2.45) is 0 Å². The van der Waals surface area contributed by atoms with Gasteiger partial charge in [0.2, 0.25) is 0 Å². The van der Waals surface area contributed by atoms with E-state index in [4.69, 9.17) is 4.74 Å². The minimum absolute atomic E-state index is 0.144. The lowest BCUT2D eigenvalue weighted by molar-refractivity contribution is 0.0931. The highest BCUT2D eigenvalue weighted by atomic mass is 16.5. The van der Waals surface area contributed by atoms with Crippen LogP contribution in [0.15, 0.2) is 47.3 Å². The molecule has 22 heavy (non-hydrogen) atoms. The maximum Gasteiger partial charge on any atom is 0.272 e. The van der Waals surface area contributed by atoms with Crippen molar-refractivity contribution in [1.82, 2.24) is 15.1 Å². The van der Waals surface area contributed by atoms with Gasteiger partial charge in [0.15, 0.2) is 0 Å². The summed E-state index contributed by atoms with van der Waals surface area (Å²) in [7, 11) is 1.54. The Morgan fingerprint density at radius 2 is 2.00 bits per heavy atom. The van der Waals surface area contributed by atoms with Crippen LogP contribution in [0.1, 0.15) is 29.0 Å². The highest BCUT2D eigenvalue weighted by Gasteiger charge is 2.13. The minimum atomic E-state index is -0.317. The average Bonchev–Trinajstić information content (AvgIpc) is 2.54. The van der Waals surface area contributed by atoms with Gasteiger partial charge in [-0.1, -0.05) is 30.3 Å². The van der Waals surface area contributed by atoms with Gasteiger partial charge < -0.3 is 10.1 Å². The molecule has 1 unspecified atom stereocenters. The fourth-order valence-electron chi connectivity index (χ4n) is 2.00. The van der Waals surface area contributed by atoms with Crippen molar-refractivity contribution in [3.05, 3.63) is 64.1 Å². The number of hydrogen-bond donors (Lipinski definition) is 1. The Morgan fingerprint density at radius 3 is 2.68 bits per heavy atom. The van der Waals surface area contributed by atoms with Gasteiger partial charge in [-0.05, 0) is 18.6 Å². The van der Waals surface area contributed by atoms with E-state index in [9.17, 15) is 9.59 Å². The molecule has 0 aliphatic carbocycles. The number of nitrogens with one attached hydrogen (secondary N) is 1. The highest BCUT2D eigenvalue weighted by Crippen LogP contribution is 2.11. The molecular formula is C16H19N3O3. The molecule has 6 nitrogen and oxygen atoms in total. The molecule has 2 rings (SSSR count). The zero-order valence-corrected chi connectivity index (χ0v) is 12.7. The van der Waals surface area contributed by atoms with E-state index in [0.29, 0.717) is 13.2 Å². The van der Waals surface area contributed by atoms with E-state index in [1.807, 2.05) is 37.3 Å². The molecule has 0 bridgehead atoms. The average molecular weight is 301 g/mol. The molecule has 0 spiro atoms. The Labute approximate surface area is 128 Å². The molecular weight excluding hydrogens is 282 g/mol. The van der Waals surface area contributed by atoms with Crippen LogP contribution in [0, 0.1) is 0 Å². The molecule has 1 N–H and O–H groups in total. The molecule has 1 aromatic carbocycles. The second kappa shape index (κ2) is 7.51. The molecule has 0 saturated carbocycles. The van der Waals surface area contributed by atoms with Crippen molar-refractivity contribution in [3.63, 3.8) is 0 Å². The van der Waals surface area contributed by atoms with Gasteiger partial charge in [0.1, 0.15) is 5.69 Å². The Morgan fingerprint density at radius 1 is 1.27 bits per heavy atom. The van der Waals surface area contributed by atoms with Gasteiger partial charge in [0.25, 0.3) is 11.5 Å². The number of aromatic nitrogens is 2. The van der Waals surface area contributed by atoms with E-state index in [-0.39, 0.29) is 23.2 Å². The Balaban J connectivity index is 2.11. The molecule has 0 aliphatic rings. The van der Waals surface area contributed by atoms with E-state index in [0.717, 1.165) is 5.56 Å². The number of ether oxygens (including phenoxy) is 1. The molecule has 1 atom stereocenters. The van der Waals surface area contributed by atoms with Gasteiger partial charge in [-0.3, -0.25) is 9.59 Å². The van der Waals surface area contributed by atoms with Crippen LogP contribution in [0.2, 0.25) is 0 Å². The summed E-state index contributed by atoms with van der Waals surface area (Å²) in [6, 6.07) is 12.3. The van der Waals surface area contributed by atoms with Crippen LogP contribution in [0.5, 0.6) is 0 Å². The van der Waals surface area contributed by atoms with E-state index in [1.54, 1.807) is 7.11 Å². The van der Waals surface area contributed by atoms with Gasteiger partial charge in [-0.15, -0.1) is 0 Å². The Kier molecular flexibility index (Phi) is 5.43. The third-order valence-corrected chi connectivity index (χ3v) is 3.25. The standard InChI is InChI=1S/C16H19N3O3/c1-12(13-6-4-3-5-7-13)17-16(21)14-8-9-15(20)19(18-14)10-11-22-2/h3-9,12H,10-11H2,1-2H3,(H,17,21). The molecule has 0 aliphatic heterocycles. The quantitative estimate of drug-likeness (QED) is 0.875. The van der Waals surface area contributed by atoms with Crippen molar-refractivity contribution in [2.45, 2.75) is 19.5 Å². The zero-order chi connectivity index (χ0) is 15.9. The minimum Gasteiger partial charge on any atom is -0.383 e. The number of amides is 1. The molecule has 1 heterocycles. The molecule has 1 aromatic heterocycles. The van der Waals surface area contributed by atoms with Gasteiger partial charge in [0.05, 0.1) is 19.2 Å². The topological polar surface area (TPSA) is 73.2 Å². The summed E-state index contributed by atoms with van der Waals surface area (Å²) < 4.78 is 6.15. The molecule has 6 heteroatoms. The monoisotopic (exact) mass is 301 g/mol. The number of rotatable bonds is 6. The van der Waals surface area contributed by atoms with Gasteiger partial charge in [0, 0.05) is 13.2 Å². The third-order valence-electron chi connectivity index (χ3n) is 3.25. The lowest BCUT2D eigenvalue weighted by Crippen LogP contribution is -2.31. The number of carbonyl (C=O) groups is 1. The van der Waals surface area contributed by atoms with Gasteiger partial charge in [-0.25, -0.2) is 4.68 Å². The number of hydrogen-bond acceptors (Lipinski definition) is 4. The summed E-state index contributed by atoms with van der Waals surface area (Å²) in [5.74, 6) is -0.317. The predicted octanol–water partition coefficient (Wildman–Crippen LogP) is 1.38. The van der Waals surface area contributed by atoms with Crippen molar-refractivity contribution in [2.75, 3.05) is 13.7 Å². The van der Waals surface area contributed by atoms with Crippen LogP contribution in [0.25, 0.3) is 0 Å². The summed E-state index contributed by atoms with van der Waals surface area (Å²) in [5, 5.41) is 6.94. The fraction of sp³-hybridized carbons (Fsp3) is 0.312. The van der Waals surface area contributed by atoms with Crippen molar-refractivity contribution < 1.29 is 9.53 Å². The smallest absolute Gasteiger partial charge is 0.272 e. The lowest BCUT2D eigenvalue weighted by atomic mass is 10.1. The van der Waals surface area contributed by atoms with Gasteiger partial charge in [-0.2, -0.15) is 5.10 Å². The second-order valence-electron chi connectivity index (χ2n) is 4.88. The van der Waals surface area contributed by atoms with Crippen LogP contribution in [0.4, 0.5) is 0 Å². The van der Waals surface area contributed by atoms with E-state index < -0.39 is 0 Å². The first-order valence-corrected chi connectivity index (χ1v) is 7.04. The lowest BCUT2D eigenvalue weighted by Gasteiger charge is -2.14. The fourth-order valence-corrected chi connectivity index (χ4v) is 2.00. The van der Waals surface area contributed by atoms with Crippen molar-refractivity contribution in [3.8, 4) is 0 Å². The number of nitrogens with zero attached hydrogens (tertiary/aromatic N) is 2. The van der Waals surface area contributed by atoms with E-state index in [1.165, 1.54) is 16.8 Å². The number of methoxy groups -OCH3 is 1. The summed E-state index contributed by atoms with van der Waals surface area (Å²) in [6.45, 7) is 2.57. The second-order valence-corrected chi connectivity index (χ2v) is 4.88. The van der Waals surface area contributed by atoms with Gasteiger partial charge >= 0.3 is 0 Å². The largest absolute Gasteiger partial charge is 0.383 e. The van der Waals surface area contributed by atoms with E-state index in [2.05, 4.69) is 10.4 Å². The normalized spacial score (nSPS) is 11.9. The Bertz CT molecular complexity index is 683. The first kappa shape index (κ1) is 15.9. The molecule has 1 amide bonds. The van der Waals surface area contributed by atoms with Crippen molar-refractivity contribution >= 4 is 5.91 Å². The molecule has 0 saturated heterocycles. The zero-order valence-electron chi connectivity index (χ0n) is 12.7. The molecule has 0 fully saturated rings. The SMILES string of the molecule is COCCn1nc(C(=O)NC(C)c2ccccc2)ccc1=O. The van der Waals surface area contributed by atoms with E-state index >= 15 is 0 Å². The van der Waals surface area contributed by atoms with Crippen LogP contribution in [-0.4, -0.2) is 29.4 Å². The molecule has 116 valence electrons. The maximum absolute atomic E-state index is 12.2. The first-order chi connectivity index (χ1) is 10.6. The third kappa shape index (κ3) is 4.02. The first-order valence-electron chi connectivity index (χ1n) is 7.04. The maximum atomic E-state index is 12.2. The predicted molar refractivity (Wildman–Crippen MR) is 82.7 cm³/mol. The van der Waals surface area contributed by atoms with Crippen LogP contribution < -0.4 is 10.9 Å². The highest BCUT2D eigenvalue weighted by molar-refractivity contribution is 5.92. The summed E-state index contributed by atoms with van der Waals surface area (Å²) >= 11 is 0. The molecule has 0 radical (unpaired) electrons. The number of benzene rings is 1. The summed E-state index contributed by atoms with van der Waals surface area (Å²) in [5.41, 5.74) is 0.951. The van der Waals surface area contributed by atoms with Crippen LogP contribution >= 0.6 is 0 Å². The van der Waals surface area contributed by atoms with Crippen LogP contribution in [0.3, 0.4) is 0 Å². The molecule has 2 aromatic rings. The van der Waals surface area contributed by atoms with Crippen molar-refractivity contribution in [1.29, 1.82) is 0 Å². The van der Waals surface area contributed by atoms with Crippen LogP contribution in [-0.2, 0) is 11.3 Å². The summed E-state index contributed by atoms with van der Waals surface area (Å²) in [6.07, 6.45) is 0. The Hall–Kier alpha value is -2.47. The summed E-state index contributed by atoms with van der Waals surface area (Å²) in [4.78, 5) is 23.9.